The molecule has 0 N–H and O–H groups in total. The molecular weight excluding hydrogens is 1440 g/mol. The average molecular weight is 1510 g/mol. The van der Waals surface area contributed by atoms with Crippen LogP contribution in [0.25, 0.3) is 0 Å². The zero-order valence-corrected chi connectivity index (χ0v) is 62.5. The number of benzene rings is 12. The third kappa shape index (κ3) is 15.3. The minimum Gasteiger partial charge on any atom is -0.497 e. The molecule has 0 spiro atoms. The van der Waals surface area contributed by atoms with Crippen molar-refractivity contribution in [1.82, 2.24) is 0 Å². The molecule has 6 aliphatic carbocycles. The molecule has 564 valence electrons. The van der Waals surface area contributed by atoms with Gasteiger partial charge in [-0.25, -0.2) is 0 Å². The Balaban J connectivity index is 0.000000119. The second-order valence-electron chi connectivity index (χ2n) is 26.9. The van der Waals surface area contributed by atoms with Gasteiger partial charge in [0.25, 0.3) is 0 Å². The second kappa shape index (κ2) is 34.2. The van der Waals surface area contributed by atoms with Gasteiger partial charge in [0.1, 0.15) is 70.0 Å². The molecule has 0 unspecified atom stereocenters. The number of ketones is 12. The van der Waals surface area contributed by atoms with E-state index >= 15 is 0 Å². The van der Waals surface area contributed by atoms with E-state index in [-0.39, 0.29) is 69.4 Å². The van der Waals surface area contributed by atoms with Gasteiger partial charge < -0.3 is 28.4 Å². The fourth-order valence-electron chi connectivity index (χ4n) is 14.7. The lowest BCUT2D eigenvalue weighted by Gasteiger charge is -2.08. The van der Waals surface area contributed by atoms with Gasteiger partial charge in [-0.05, 0) is 106 Å². The molecule has 0 bridgehead atoms. The molecule has 0 amide bonds. The number of Topliss-reactive ketones (excluding diaryl/α,β-unsaturated/α-hetero) is 12. The molecule has 0 heterocycles. The lowest BCUT2D eigenvalue weighted by Crippen LogP contribution is -2.12. The summed E-state index contributed by atoms with van der Waals surface area (Å²) in [6.07, 6.45) is 0. The largest absolute Gasteiger partial charge is 0.497 e. The number of hydrogen-bond donors (Lipinski definition) is 0. The summed E-state index contributed by atoms with van der Waals surface area (Å²) in [5.74, 6) is -1.42. The van der Waals surface area contributed by atoms with Crippen LogP contribution in [-0.2, 0) is 0 Å². The Kier molecular flexibility index (Phi) is 23.3. The molecule has 6 aliphatic rings. The van der Waals surface area contributed by atoms with Gasteiger partial charge in [-0.2, -0.15) is 0 Å². The first-order chi connectivity index (χ1) is 55.3. The van der Waals surface area contributed by atoms with Gasteiger partial charge in [0.05, 0.1) is 42.7 Å². The van der Waals surface area contributed by atoms with Crippen molar-refractivity contribution >= 4 is 69.4 Å². The van der Waals surface area contributed by atoms with Crippen LogP contribution in [0.15, 0.2) is 291 Å². The van der Waals surface area contributed by atoms with Crippen LogP contribution in [0.2, 0.25) is 0 Å². The van der Waals surface area contributed by atoms with E-state index in [1.165, 1.54) is 0 Å². The predicted molar refractivity (Wildman–Crippen MR) is 425 cm³/mol. The molecule has 0 aromatic heterocycles. The van der Waals surface area contributed by atoms with Crippen LogP contribution < -0.4 is 28.4 Å². The van der Waals surface area contributed by atoms with Crippen molar-refractivity contribution in [1.29, 1.82) is 0 Å². The summed E-state index contributed by atoms with van der Waals surface area (Å²) >= 11 is 0. The van der Waals surface area contributed by atoms with Gasteiger partial charge in [-0.3, -0.25) is 57.5 Å². The second-order valence-corrected chi connectivity index (χ2v) is 26.9. The summed E-state index contributed by atoms with van der Waals surface area (Å²) < 4.78 is 30.5. The van der Waals surface area contributed by atoms with Gasteiger partial charge in [0.15, 0.2) is 69.4 Å². The van der Waals surface area contributed by atoms with E-state index < -0.39 is 35.5 Å². The monoisotopic (exact) mass is 1510 g/mol. The molecule has 18 heteroatoms. The highest BCUT2D eigenvalue weighted by atomic mass is 16.5. The summed E-state index contributed by atoms with van der Waals surface area (Å²) in [5, 5.41) is 0. The Morgan fingerprint density at radius 1 is 0.140 bits per heavy atom. The number of methoxy groups -OCH3 is 6. The first kappa shape index (κ1) is 77.6. The fourth-order valence-corrected chi connectivity index (χ4v) is 14.7. The van der Waals surface area contributed by atoms with Gasteiger partial charge >= 0.3 is 0 Å². The highest BCUT2D eigenvalue weighted by Crippen LogP contribution is 2.41. The quantitative estimate of drug-likeness (QED) is 0.103. The third-order valence-electron chi connectivity index (χ3n) is 20.6. The molecular formula is C96H72O18. The molecule has 18 nitrogen and oxygen atoms in total. The van der Waals surface area contributed by atoms with Crippen LogP contribution in [0.3, 0.4) is 0 Å². The topological polar surface area (TPSA) is 260 Å². The Morgan fingerprint density at radius 2 is 0.228 bits per heavy atom. The zero-order valence-electron chi connectivity index (χ0n) is 62.5. The molecule has 12 aromatic rings. The summed E-state index contributed by atoms with van der Waals surface area (Å²) in [7, 11) is 9.48. The van der Waals surface area contributed by atoms with E-state index in [2.05, 4.69) is 0 Å². The average Bonchev–Trinajstić information content (AvgIpc) is 1.66. The van der Waals surface area contributed by atoms with Crippen molar-refractivity contribution in [3.63, 3.8) is 0 Å². The zero-order chi connectivity index (χ0) is 80.4. The van der Waals surface area contributed by atoms with Crippen molar-refractivity contribution in [2.45, 2.75) is 35.5 Å². The SMILES string of the molecule is COc1ccc(C2C(=O)c3ccccc3C2=O)cc1.COc1ccc(C2C(=O)c3ccccc3C2=O)cc1.COc1ccc(C2C(=O)c3ccccc3C2=O)cc1.COc1ccc(C2C(=O)c3ccccc3C2=O)cc1.COc1ccc(C2C(=O)c3ccccc3C2=O)cc1.COc1ccc(C2C(=O)c3ccccc3C2=O)cc1. The maximum Gasteiger partial charge on any atom is 0.178 e. The van der Waals surface area contributed by atoms with Crippen molar-refractivity contribution in [3.8, 4) is 34.5 Å². The van der Waals surface area contributed by atoms with Crippen LogP contribution in [0, 0.1) is 0 Å². The standard InChI is InChI=1S/6C16H12O3/c6*1-19-11-8-6-10(7-9-11)14-15(17)12-4-2-3-5-13(12)16(14)18/h6*2-9,14H,1H3. The first-order valence-electron chi connectivity index (χ1n) is 36.2. The lowest BCUT2D eigenvalue weighted by atomic mass is 9.94. The van der Waals surface area contributed by atoms with Crippen molar-refractivity contribution in [2.24, 2.45) is 0 Å². The van der Waals surface area contributed by atoms with E-state index in [4.69, 9.17) is 28.4 Å². The predicted octanol–water partition coefficient (Wildman–Crippen LogP) is 17.1. The van der Waals surface area contributed by atoms with E-state index in [1.54, 1.807) is 334 Å². The Morgan fingerprint density at radius 3 is 0.307 bits per heavy atom. The van der Waals surface area contributed by atoms with E-state index in [0.29, 0.717) is 135 Å². The van der Waals surface area contributed by atoms with E-state index in [0.717, 1.165) is 0 Å². The van der Waals surface area contributed by atoms with Gasteiger partial charge in [-0.15, -0.1) is 0 Å². The minimum absolute atomic E-state index is 0.120. The number of fused-ring (bicyclic) bond motifs is 6. The highest BCUT2D eigenvalue weighted by molar-refractivity contribution is 6.33. The van der Waals surface area contributed by atoms with Gasteiger partial charge in [0.2, 0.25) is 0 Å². The molecule has 0 radical (unpaired) electrons. The van der Waals surface area contributed by atoms with Crippen LogP contribution in [-0.4, -0.2) is 112 Å². The van der Waals surface area contributed by atoms with Crippen molar-refractivity contribution < 1.29 is 86.0 Å². The van der Waals surface area contributed by atoms with Crippen LogP contribution in [0.5, 0.6) is 34.5 Å². The molecule has 0 saturated heterocycles. The molecule has 12 aromatic carbocycles. The number of rotatable bonds is 12. The smallest absolute Gasteiger partial charge is 0.178 e. The summed E-state index contributed by atoms with van der Waals surface area (Å²) in [4.78, 5) is 148. The molecule has 0 fully saturated rings. The third-order valence-corrected chi connectivity index (χ3v) is 20.6. The number of hydrogen-bond acceptors (Lipinski definition) is 18. The van der Waals surface area contributed by atoms with Crippen LogP contribution in [0.1, 0.15) is 193 Å². The lowest BCUT2D eigenvalue weighted by molar-refractivity contribution is 0.0874. The first-order valence-corrected chi connectivity index (χ1v) is 36.2. The molecule has 0 atom stereocenters. The highest BCUT2D eigenvalue weighted by Gasteiger charge is 2.44. The molecule has 0 saturated carbocycles. The number of carbonyl (C=O) groups is 12. The Hall–Kier alpha value is -14.5. The number of carbonyl (C=O) groups excluding carboxylic acids is 12. The summed E-state index contributed by atoms with van der Waals surface area (Å²) in [6, 6.07) is 84.2. The Labute approximate surface area is 655 Å². The van der Waals surface area contributed by atoms with Crippen molar-refractivity contribution in [3.05, 3.63) is 391 Å². The molecule has 18 rings (SSSR count). The van der Waals surface area contributed by atoms with E-state index in [1.807, 2.05) is 0 Å². The van der Waals surface area contributed by atoms with Gasteiger partial charge in [-0.1, -0.05) is 218 Å². The maximum absolute atomic E-state index is 12.3. The van der Waals surface area contributed by atoms with Crippen LogP contribution >= 0.6 is 0 Å². The summed E-state index contributed by atoms with van der Waals surface area (Å²) in [6.45, 7) is 0. The summed E-state index contributed by atoms with van der Waals surface area (Å²) in [5.41, 5.74) is 10.5. The van der Waals surface area contributed by atoms with Crippen LogP contribution in [0.4, 0.5) is 0 Å². The molecule has 114 heavy (non-hydrogen) atoms. The maximum atomic E-state index is 12.3. The van der Waals surface area contributed by atoms with Gasteiger partial charge in [0, 0.05) is 66.8 Å². The minimum atomic E-state index is -0.705. The van der Waals surface area contributed by atoms with Crippen molar-refractivity contribution in [2.75, 3.05) is 42.7 Å². The normalized spacial score (nSPS) is 14.6. The Bertz CT molecular complexity index is 4650. The van der Waals surface area contributed by atoms with E-state index in [9.17, 15) is 57.5 Å². The number of ether oxygens (including phenoxy) is 6. The fraction of sp³-hybridized carbons (Fsp3) is 0.125. The molecule has 0 aliphatic heterocycles.